The lowest BCUT2D eigenvalue weighted by Gasteiger charge is -2.07. The largest absolute Gasteiger partial charge is 0.273 e. The summed E-state index contributed by atoms with van der Waals surface area (Å²) >= 11 is 5.81. The second kappa shape index (κ2) is 9.00. The number of hydrogen-bond donors (Lipinski definition) is 2. The Hall–Kier alpha value is -3.12. The maximum Gasteiger partial charge on any atom is 0.242 e. The van der Waals surface area contributed by atoms with Crippen molar-refractivity contribution in [3.05, 3.63) is 83.1 Å². The molecule has 3 aromatic rings. The van der Waals surface area contributed by atoms with E-state index in [2.05, 4.69) is 16.0 Å². The Labute approximate surface area is 162 Å². The van der Waals surface area contributed by atoms with E-state index in [1.54, 1.807) is 35.1 Å². The molecule has 0 bridgehead atoms. The third-order valence-electron chi connectivity index (χ3n) is 3.92. The van der Waals surface area contributed by atoms with Gasteiger partial charge in [-0.05, 0) is 41.8 Å². The van der Waals surface area contributed by atoms with Crippen molar-refractivity contribution in [3.63, 3.8) is 0 Å². The quantitative estimate of drug-likeness (QED) is 0.643. The number of hydrogen-bond acceptors (Lipinski definition) is 3. The third kappa shape index (κ3) is 5.69. The Morgan fingerprint density at radius 1 is 0.926 bits per heavy atom. The first-order chi connectivity index (χ1) is 13.1. The number of nitrogens with zero attached hydrogens (tertiary/aromatic N) is 2. The van der Waals surface area contributed by atoms with Gasteiger partial charge in [-0.15, -0.1) is 0 Å². The van der Waals surface area contributed by atoms with Crippen molar-refractivity contribution in [1.29, 1.82) is 0 Å². The van der Waals surface area contributed by atoms with E-state index in [9.17, 15) is 9.59 Å². The van der Waals surface area contributed by atoms with Crippen LogP contribution in [-0.4, -0.2) is 21.6 Å². The van der Waals surface area contributed by atoms with Crippen molar-refractivity contribution >= 4 is 23.4 Å². The molecule has 1 aromatic heterocycles. The van der Waals surface area contributed by atoms with Crippen LogP contribution in [0, 0.1) is 0 Å². The zero-order valence-electron chi connectivity index (χ0n) is 14.6. The predicted octanol–water partition coefficient (Wildman–Crippen LogP) is 2.85. The summed E-state index contributed by atoms with van der Waals surface area (Å²) in [5, 5.41) is 4.91. The molecular weight excluding hydrogens is 364 g/mol. The Balaban J connectivity index is 1.41. The number of amides is 2. The number of nitrogens with one attached hydrogen (secondary N) is 2. The molecule has 7 heteroatoms. The molecule has 3 rings (SSSR count). The SMILES string of the molecule is O=C(CCc1cnn(-c2ccccc2)c1)NNC(=O)Cc1ccc(Cl)cc1. The van der Waals surface area contributed by atoms with Crippen LogP contribution in [0.3, 0.4) is 0 Å². The van der Waals surface area contributed by atoms with E-state index in [0.29, 0.717) is 11.4 Å². The van der Waals surface area contributed by atoms with Gasteiger partial charge in [0, 0.05) is 17.6 Å². The molecule has 6 nitrogen and oxygen atoms in total. The van der Waals surface area contributed by atoms with Gasteiger partial charge >= 0.3 is 0 Å². The number of rotatable bonds is 6. The zero-order chi connectivity index (χ0) is 19.1. The first-order valence-corrected chi connectivity index (χ1v) is 8.89. The molecule has 0 aliphatic rings. The Kier molecular flexibility index (Phi) is 6.22. The summed E-state index contributed by atoms with van der Waals surface area (Å²) in [7, 11) is 0. The first-order valence-electron chi connectivity index (χ1n) is 8.51. The molecule has 0 saturated heterocycles. The number of halogens is 1. The summed E-state index contributed by atoms with van der Waals surface area (Å²) in [6, 6.07) is 16.7. The average Bonchev–Trinajstić information content (AvgIpc) is 3.16. The van der Waals surface area contributed by atoms with E-state index in [-0.39, 0.29) is 24.7 Å². The topological polar surface area (TPSA) is 76.0 Å². The monoisotopic (exact) mass is 382 g/mol. The summed E-state index contributed by atoms with van der Waals surface area (Å²) in [6.07, 6.45) is 4.58. The minimum atomic E-state index is -0.289. The lowest BCUT2D eigenvalue weighted by molar-refractivity contribution is -0.128. The van der Waals surface area contributed by atoms with Gasteiger partial charge in [0.05, 0.1) is 18.3 Å². The van der Waals surface area contributed by atoms with Gasteiger partial charge < -0.3 is 0 Å². The van der Waals surface area contributed by atoms with Crippen LogP contribution in [0.4, 0.5) is 0 Å². The Morgan fingerprint density at radius 3 is 2.37 bits per heavy atom. The third-order valence-corrected chi connectivity index (χ3v) is 4.17. The highest BCUT2D eigenvalue weighted by Gasteiger charge is 2.08. The van der Waals surface area contributed by atoms with Crippen molar-refractivity contribution in [1.82, 2.24) is 20.6 Å². The van der Waals surface area contributed by atoms with Crippen LogP contribution < -0.4 is 10.9 Å². The number of carbonyl (C=O) groups is 2. The Bertz CT molecular complexity index is 907. The summed E-state index contributed by atoms with van der Waals surface area (Å²) in [5.41, 5.74) is 7.58. The average molecular weight is 383 g/mol. The van der Waals surface area contributed by atoms with Crippen LogP contribution >= 0.6 is 11.6 Å². The summed E-state index contributed by atoms with van der Waals surface area (Å²) in [6.45, 7) is 0. The van der Waals surface area contributed by atoms with Crippen LogP contribution in [0.15, 0.2) is 67.0 Å². The van der Waals surface area contributed by atoms with Gasteiger partial charge in [0.15, 0.2) is 0 Å². The van der Waals surface area contributed by atoms with Crippen molar-refractivity contribution in [3.8, 4) is 5.69 Å². The van der Waals surface area contributed by atoms with Crippen molar-refractivity contribution in [2.75, 3.05) is 0 Å². The van der Waals surface area contributed by atoms with Crippen LogP contribution in [0.2, 0.25) is 5.02 Å². The molecule has 2 aromatic carbocycles. The molecule has 0 aliphatic heterocycles. The normalized spacial score (nSPS) is 10.4. The van der Waals surface area contributed by atoms with Crippen LogP contribution in [0.5, 0.6) is 0 Å². The van der Waals surface area contributed by atoms with E-state index in [4.69, 9.17) is 11.6 Å². The van der Waals surface area contributed by atoms with Gasteiger partial charge in [0.1, 0.15) is 0 Å². The lowest BCUT2D eigenvalue weighted by atomic mass is 10.1. The van der Waals surface area contributed by atoms with Crippen molar-refractivity contribution in [2.24, 2.45) is 0 Å². The lowest BCUT2D eigenvalue weighted by Crippen LogP contribution is -2.42. The smallest absolute Gasteiger partial charge is 0.242 e. The molecule has 2 N–H and O–H groups in total. The summed E-state index contributed by atoms with van der Waals surface area (Å²) in [4.78, 5) is 23.8. The molecule has 27 heavy (non-hydrogen) atoms. The molecule has 138 valence electrons. The minimum absolute atomic E-state index is 0.168. The fourth-order valence-corrected chi connectivity index (χ4v) is 2.63. The molecule has 0 saturated carbocycles. The molecule has 2 amide bonds. The summed E-state index contributed by atoms with van der Waals surface area (Å²) < 4.78 is 1.77. The van der Waals surface area contributed by atoms with Crippen LogP contribution in [-0.2, 0) is 22.4 Å². The minimum Gasteiger partial charge on any atom is -0.273 e. The first kappa shape index (κ1) is 18.7. The van der Waals surface area contributed by atoms with E-state index >= 15 is 0 Å². The van der Waals surface area contributed by atoms with E-state index < -0.39 is 0 Å². The number of carbonyl (C=O) groups excluding carboxylic acids is 2. The van der Waals surface area contributed by atoms with Gasteiger partial charge in [0.25, 0.3) is 0 Å². The fourth-order valence-electron chi connectivity index (χ4n) is 2.50. The number of aryl methyl sites for hydroxylation is 1. The predicted molar refractivity (Wildman–Crippen MR) is 103 cm³/mol. The molecule has 0 atom stereocenters. The standard InChI is InChI=1S/C20H19ClN4O2/c21-17-9-6-15(7-10-17)12-20(27)24-23-19(26)11-8-16-13-22-25(14-16)18-4-2-1-3-5-18/h1-7,9-10,13-14H,8,11-12H2,(H,23,26)(H,24,27). The number of hydrazine groups is 1. The van der Waals surface area contributed by atoms with E-state index in [1.165, 1.54) is 0 Å². The van der Waals surface area contributed by atoms with Gasteiger partial charge in [-0.25, -0.2) is 4.68 Å². The van der Waals surface area contributed by atoms with Crippen LogP contribution in [0.1, 0.15) is 17.5 Å². The molecule has 0 unspecified atom stereocenters. The molecule has 0 aliphatic carbocycles. The van der Waals surface area contributed by atoms with E-state index in [1.807, 2.05) is 36.5 Å². The van der Waals surface area contributed by atoms with Crippen LogP contribution in [0.25, 0.3) is 5.69 Å². The van der Waals surface area contributed by atoms with Gasteiger partial charge in [-0.1, -0.05) is 41.9 Å². The molecule has 1 heterocycles. The molecule has 0 spiro atoms. The fraction of sp³-hybridized carbons (Fsp3) is 0.150. The number of aromatic nitrogens is 2. The van der Waals surface area contributed by atoms with Gasteiger partial charge in [-0.2, -0.15) is 5.10 Å². The number of para-hydroxylation sites is 1. The molecule has 0 fully saturated rings. The number of benzene rings is 2. The highest BCUT2D eigenvalue weighted by molar-refractivity contribution is 6.30. The molecular formula is C20H19ClN4O2. The second-order valence-electron chi connectivity index (χ2n) is 6.03. The Morgan fingerprint density at radius 2 is 1.63 bits per heavy atom. The van der Waals surface area contributed by atoms with Gasteiger partial charge in [0.2, 0.25) is 11.8 Å². The van der Waals surface area contributed by atoms with Crippen molar-refractivity contribution in [2.45, 2.75) is 19.3 Å². The maximum atomic E-state index is 11.9. The van der Waals surface area contributed by atoms with E-state index in [0.717, 1.165) is 16.8 Å². The summed E-state index contributed by atoms with van der Waals surface area (Å²) in [5.74, 6) is -0.547. The zero-order valence-corrected chi connectivity index (χ0v) is 15.3. The van der Waals surface area contributed by atoms with Gasteiger partial charge in [-0.3, -0.25) is 20.4 Å². The van der Waals surface area contributed by atoms with Crippen molar-refractivity contribution < 1.29 is 9.59 Å². The maximum absolute atomic E-state index is 11.9. The second-order valence-corrected chi connectivity index (χ2v) is 6.46. The molecule has 0 radical (unpaired) electrons. The highest BCUT2D eigenvalue weighted by atomic mass is 35.5. The highest BCUT2D eigenvalue weighted by Crippen LogP contribution is 2.10.